The number of hydrogen-bond donors (Lipinski definition) is 0. The van der Waals surface area contributed by atoms with Crippen LogP contribution in [0.3, 0.4) is 0 Å². The molecule has 0 heterocycles. The SMILES string of the molecule is C=CCN(C(C)C)C(C)C=C. The molecule has 0 amide bonds. The molecule has 0 fully saturated rings. The molecular formula is C10H19N. The van der Waals surface area contributed by atoms with E-state index in [4.69, 9.17) is 0 Å². The number of nitrogens with zero attached hydrogens (tertiary/aromatic N) is 1. The predicted molar refractivity (Wildman–Crippen MR) is 51.7 cm³/mol. The van der Waals surface area contributed by atoms with E-state index in [1.54, 1.807) is 0 Å². The van der Waals surface area contributed by atoms with E-state index < -0.39 is 0 Å². The van der Waals surface area contributed by atoms with Gasteiger partial charge in [0, 0.05) is 18.6 Å². The van der Waals surface area contributed by atoms with Crippen LogP contribution in [-0.4, -0.2) is 23.5 Å². The van der Waals surface area contributed by atoms with Crippen molar-refractivity contribution in [3.8, 4) is 0 Å². The monoisotopic (exact) mass is 153 g/mol. The quantitative estimate of drug-likeness (QED) is 0.548. The van der Waals surface area contributed by atoms with Crippen molar-refractivity contribution in [2.75, 3.05) is 6.54 Å². The van der Waals surface area contributed by atoms with Crippen molar-refractivity contribution in [1.82, 2.24) is 4.90 Å². The summed E-state index contributed by atoms with van der Waals surface area (Å²) in [5.41, 5.74) is 0. The van der Waals surface area contributed by atoms with Crippen LogP contribution in [-0.2, 0) is 0 Å². The number of hydrogen-bond acceptors (Lipinski definition) is 1. The Bertz CT molecular complexity index is 127. The second kappa shape index (κ2) is 5.14. The van der Waals surface area contributed by atoms with Gasteiger partial charge in [-0.15, -0.1) is 13.2 Å². The molecule has 0 spiro atoms. The molecule has 0 N–H and O–H groups in total. The lowest BCUT2D eigenvalue weighted by Gasteiger charge is -2.29. The van der Waals surface area contributed by atoms with Gasteiger partial charge >= 0.3 is 0 Å². The van der Waals surface area contributed by atoms with Gasteiger partial charge in [-0.25, -0.2) is 0 Å². The summed E-state index contributed by atoms with van der Waals surface area (Å²) < 4.78 is 0. The minimum Gasteiger partial charge on any atom is -0.291 e. The molecule has 0 rings (SSSR count). The van der Waals surface area contributed by atoms with E-state index in [1.807, 2.05) is 12.2 Å². The first-order valence-corrected chi connectivity index (χ1v) is 4.12. The molecule has 0 aliphatic carbocycles. The minimum atomic E-state index is 0.438. The third-order valence-electron chi connectivity index (χ3n) is 1.87. The molecule has 0 bridgehead atoms. The van der Waals surface area contributed by atoms with Crippen LogP contribution in [0.5, 0.6) is 0 Å². The van der Waals surface area contributed by atoms with E-state index in [1.165, 1.54) is 0 Å². The zero-order valence-corrected chi connectivity index (χ0v) is 7.88. The van der Waals surface area contributed by atoms with Crippen LogP contribution in [0.2, 0.25) is 0 Å². The van der Waals surface area contributed by atoms with Crippen LogP contribution in [0.1, 0.15) is 20.8 Å². The molecular weight excluding hydrogens is 134 g/mol. The Labute approximate surface area is 70.4 Å². The lowest BCUT2D eigenvalue weighted by molar-refractivity contribution is 0.215. The third-order valence-corrected chi connectivity index (χ3v) is 1.87. The fourth-order valence-corrected chi connectivity index (χ4v) is 1.13. The normalized spacial score (nSPS) is 13.5. The maximum absolute atomic E-state index is 3.77. The topological polar surface area (TPSA) is 3.24 Å². The second-order valence-corrected chi connectivity index (χ2v) is 3.06. The molecule has 64 valence electrons. The van der Waals surface area contributed by atoms with Crippen molar-refractivity contribution in [3.05, 3.63) is 25.3 Å². The predicted octanol–water partition coefficient (Wildman–Crippen LogP) is 2.46. The van der Waals surface area contributed by atoms with Gasteiger partial charge in [0.1, 0.15) is 0 Å². The molecule has 1 heteroatoms. The molecule has 0 aliphatic rings. The largest absolute Gasteiger partial charge is 0.291 e. The highest BCUT2D eigenvalue weighted by atomic mass is 15.2. The molecule has 0 aromatic carbocycles. The van der Waals surface area contributed by atoms with E-state index >= 15 is 0 Å². The maximum Gasteiger partial charge on any atom is 0.0253 e. The van der Waals surface area contributed by atoms with Crippen molar-refractivity contribution >= 4 is 0 Å². The van der Waals surface area contributed by atoms with Crippen molar-refractivity contribution in [3.63, 3.8) is 0 Å². The van der Waals surface area contributed by atoms with Gasteiger partial charge in [-0.1, -0.05) is 12.2 Å². The van der Waals surface area contributed by atoms with E-state index in [0.717, 1.165) is 6.54 Å². The first-order valence-electron chi connectivity index (χ1n) is 4.12. The van der Waals surface area contributed by atoms with Crippen molar-refractivity contribution in [2.45, 2.75) is 32.9 Å². The summed E-state index contributed by atoms with van der Waals surface area (Å²) in [5, 5.41) is 0. The molecule has 0 aliphatic heterocycles. The zero-order chi connectivity index (χ0) is 8.85. The van der Waals surface area contributed by atoms with Gasteiger partial charge < -0.3 is 0 Å². The molecule has 0 saturated heterocycles. The second-order valence-electron chi connectivity index (χ2n) is 3.06. The summed E-state index contributed by atoms with van der Waals surface area (Å²) in [5.74, 6) is 0. The smallest absolute Gasteiger partial charge is 0.0253 e. The minimum absolute atomic E-state index is 0.438. The molecule has 1 unspecified atom stereocenters. The van der Waals surface area contributed by atoms with E-state index in [0.29, 0.717) is 12.1 Å². The highest BCUT2D eigenvalue weighted by Gasteiger charge is 2.11. The Hall–Kier alpha value is -0.560. The summed E-state index contributed by atoms with van der Waals surface area (Å²) in [7, 11) is 0. The van der Waals surface area contributed by atoms with Crippen LogP contribution in [0, 0.1) is 0 Å². The average molecular weight is 153 g/mol. The van der Waals surface area contributed by atoms with Crippen LogP contribution >= 0.6 is 0 Å². The summed E-state index contributed by atoms with van der Waals surface area (Å²) in [4.78, 5) is 2.33. The van der Waals surface area contributed by atoms with Gasteiger partial charge in [-0.3, -0.25) is 4.90 Å². The number of rotatable bonds is 5. The van der Waals surface area contributed by atoms with E-state index in [2.05, 4.69) is 38.8 Å². The van der Waals surface area contributed by atoms with Crippen molar-refractivity contribution < 1.29 is 0 Å². The van der Waals surface area contributed by atoms with Crippen molar-refractivity contribution in [1.29, 1.82) is 0 Å². The van der Waals surface area contributed by atoms with Gasteiger partial charge in [-0.2, -0.15) is 0 Å². The van der Waals surface area contributed by atoms with Gasteiger partial charge in [0.05, 0.1) is 0 Å². The van der Waals surface area contributed by atoms with Gasteiger partial charge in [0.25, 0.3) is 0 Å². The van der Waals surface area contributed by atoms with Gasteiger partial charge in [-0.05, 0) is 20.8 Å². The molecule has 0 aromatic heterocycles. The van der Waals surface area contributed by atoms with Gasteiger partial charge in [0.15, 0.2) is 0 Å². The maximum atomic E-state index is 3.77. The molecule has 0 aromatic rings. The molecule has 0 saturated carbocycles. The Morgan fingerprint density at radius 3 is 2.09 bits per heavy atom. The summed E-state index contributed by atoms with van der Waals surface area (Å²) in [6.07, 6.45) is 3.89. The first kappa shape index (κ1) is 10.4. The molecule has 0 radical (unpaired) electrons. The fraction of sp³-hybridized carbons (Fsp3) is 0.600. The fourth-order valence-electron chi connectivity index (χ4n) is 1.13. The third kappa shape index (κ3) is 3.38. The van der Waals surface area contributed by atoms with E-state index in [9.17, 15) is 0 Å². The Morgan fingerprint density at radius 1 is 1.27 bits per heavy atom. The molecule has 1 nitrogen and oxygen atoms in total. The Kier molecular flexibility index (Phi) is 4.88. The standard InChI is InChI=1S/C10H19N/c1-6-8-11(9(3)4)10(5)7-2/h6-7,9-10H,1-2,8H2,3-5H3. The van der Waals surface area contributed by atoms with E-state index in [-0.39, 0.29) is 0 Å². The summed E-state index contributed by atoms with van der Waals surface area (Å²) in [6.45, 7) is 14.9. The van der Waals surface area contributed by atoms with Gasteiger partial charge in [0.2, 0.25) is 0 Å². The molecule has 1 atom stereocenters. The molecule has 11 heavy (non-hydrogen) atoms. The van der Waals surface area contributed by atoms with Crippen LogP contribution in [0.4, 0.5) is 0 Å². The highest BCUT2D eigenvalue weighted by Crippen LogP contribution is 2.05. The highest BCUT2D eigenvalue weighted by molar-refractivity contribution is 4.88. The van der Waals surface area contributed by atoms with Crippen LogP contribution < -0.4 is 0 Å². The van der Waals surface area contributed by atoms with Crippen molar-refractivity contribution in [2.24, 2.45) is 0 Å². The van der Waals surface area contributed by atoms with Crippen LogP contribution in [0.25, 0.3) is 0 Å². The zero-order valence-electron chi connectivity index (χ0n) is 7.88. The lowest BCUT2D eigenvalue weighted by atomic mass is 10.2. The van der Waals surface area contributed by atoms with Crippen LogP contribution in [0.15, 0.2) is 25.3 Å². The summed E-state index contributed by atoms with van der Waals surface area (Å²) in [6, 6.07) is 0.994. The Balaban J connectivity index is 4.07. The lowest BCUT2D eigenvalue weighted by Crippen LogP contribution is -2.37. The first-order chi connectivity index (χ1) is 5.13. The summed E-state index contributed by atoms with van der Waals surface area (Å²) >= 11 is 0. The average Bonchev–Trinajstić information content (AvgIpc) is 1.98. The Morgan fingerprint density at radius 2 is 1.82 bits per heavy atom.